The van der Waals surface area contributed by atoms with Crippen LogP contribution in [0, 0.1) is 28.8 Å². The van der Waals surface area contributed by atoms with E-state index in [4.69, 9.17) is 11.1 Å². The molecule has 5 rings (SSSR count). The van der Waals surface area contributed by atoms with Gasteiger partial charge in [0.2, 0.25) is 0 Å². The van der Waals surface area contributed by atoms with Gasteiger partial charge < -0.3 is 11.1 Å². The fraction of sp³-hybridized carbons (Fsp3) is 0.174. The van der Waals surface area contributed by atoms with Gasteiger partial charge in [-0.3, -0.25) is 5.41 Å². The summed E-state index contributed by atoms with van der Waals surface area (Å²) in [6, 6.07) is 14.3. The summed E-state index contributed by atoms with van der Waals surface area (Å²) < 4.78 is 43.3. The summed E-state index contributed by atoms with van der Waals surface area (Å²) >= 11 is 0. The summed E-state index contributed by atoms with van der Waals surface area (Å²) in [6.07, 6.45) is 0.609. The van der Waals surface area contributed by atoms with Crippen LogP contribution in [0.4, 0.5) is 18.9 Å². The second kappa shape index (κ2) is 6.37. The van der Waals surface area contributed by atoms with Crippen molar-refractivity contribution in [1.82, 2.24) is 0 Å². The highest BCUT2D eigenvalue weighted by atomic mass is 19.2. The molecule has 0 spiro atoms. The van der Waals surface area contributed by atoms with Gasteiger partial charge in [-0.2, -0.15) is 0 Å². The fourth-order valence-electron chi connectivity index (χ4n) is 4.84. The summed E-state index contributed by atoms with van der Waals surface area (Å²) in [7, 11) is 0. The largest absolute Gasteiger partial charge is 0.384 e. The standard InChI is InChI=1S/C23H18F3N3/c24-16-6-7-17(25)21(26)20(16)22-15-9-11-3-1-2-4-13(11)19(15)14-10-12(23(27)28)5-8-18(14)29-22/h1-8,10,15,19,22,29H,9H2,(H3,27,28). The zero-order valence-electron chi connectivity index (χ0n) is 15.3. The second-order valence-electron chi connectivity index (χ2n) is 7.64. The topological polar surface area (TPSA) is 61.9 Å². The van der Waals surface area contributed by atoms with E-state index >= 15 is 0 Å². The Morgan fingerprint density at radius 2 is 1.72 bits per heavy atom. The van der Waals surface area contributed by atoms with Crippen LogP contribution in [-0.2, 0) is 6.42 Å². The molecule has 0 amide bonds. The van der Waals surface area contributed by atoms with Crippen molar-refractivity contribution in [3.63, 3.8) is 0 Å². The minimum absolute atomic E-state index is 0.0417. The van der Waals surface area contributed by atoms with Crippen molar-refractivity contribution < 1.29 is 13.2 Å². The number of nitrogen functional groups attached to an aromatic ring is 1. The Hall–Kier alpha value is -3.28. The molecule has 3 unspecified atom stereocenters. The van der Waals surface area contributed by atoms with E-state index in [1.54, 1.807) is 12.1 Å². The van der Waals surface area contributed by atoms with E-state index in [0.717, 1.165) is 28.8 Å². The van der Waals surface area contributed by atoms with Crippen LogP contribution in [0.3, 0.4) is 0 Å². The Labute approximate surface area is 165 Å². The first-order chi connectivity index (χ1) is 14.0. The third-order valence-corrected chi connectivity index (χ3v) is 6.10. The predicted molar refractivity (Wildman–Crippen MR) is 106 cm³/mol. The van der Waals surface area contributed by atoms with Crippen LogP contribution in [0.1, 0.15) is 39.8 Å². The van der Waals surface area contributed by atoms with Crippen molar-refractivity contribution in [2.24, 2.45) is 11.7 Å². The van der Waals surface area contributed by atoms with E-state index in [1.165, 1.54) is 0 Å². The third-order valence-electron chi connectivity index (χ3n) is 6.10. The first kappa shape index (κ1) is 17.8. The van der Waals surface area contributed by atoms with Crippen molar-refractivity contribution in [3.8, 4) is 0 Å². The molecule has 0 fully saturated rings. The SMILES string of the molecule is N=C(N)c1ccc2c(c1)C1c3ccccc3CC1C(c1c(F)ccc(F)c1F)N2. The molecule has 29 heavy (non-hydrogen) atoms. The number of benzene rings is 3. The van der Waals surface area contributed by atoms with Crippen molar-refractivity contribution >= 4 is 11.5 Å². The minimum Gasteiger partial charge on any atom is -0.384 e. The molecule has 6 heteroatoms. The molecule has 1 aliphatic heterocycles. The lowest BCUT2D eigenvalue weighted by atomic mass is 9.75. The lowest BCUT2D eigenvalue weighted by Crippen LogP contribution is -2.32. The van der Waals surface area contributed by atoms with Crippen LogP contribution >= 0.6 is 0 Å². The molecule has 3 aromatic rings. The van der Waals surface area contributed by atoms with Crippen LogP contribution < -0.4 is 11.1 Å². The van der Waals surface area contributed by atoms with Crippen molar-refractivity contribution in [3.05, 3.63) is 99.9 Å². The molecule has 0 saturated heterocycles. The van der Waals surface area contributed by atoms with Crippen molar-refractivity contribution in [2.45, 2.75) is 18.4 Å². The van der Waals surface area contributed by atoms with Crippen LogP contribution in [0.15, 0.2) is 54.6 Å². The van der Waals surface area contributed by atoms with E-state index in [9.17, 15) is 13.2 Å². The molecule has 3 aromatic carbocycles. The Kier molecular flexibility index (Phi) is 3.91. The highest BCUT2D eigenvalue weighted by molar-refractivity contribution is 5.95. The quantitative estimate of drug-likeness (QED) is 0.331. The minimum atomic E-state index is -1.15. The molecule has 146 valence electrons. The first-order valence-electron chi connectivity index (χ1n) is 9.41. The van der Waals surface area contributed by atoms with E-state index in [1.807, 2.05) is 30.3 Å². The number of nitrogens with one attached hydrogen (secondary N) is 2. The van der Waals surface area contributed by atoms with E-state index < -0.39 is 23.5 Å². The van der Waals surface area contributed by atoms with Gasteiger partial charge in [-0.25, -0.2) is 13.2 Å². The number of fused-ring (bicyclic) bond motifs is 5. The lowest BCUT2D eigenvalue weighted by Gasteiger charge is -2.38. The highest BCUT2D eigenvalue weighted by Crippen LogP contribution is 2.54. The average molecular weight is 393 g/mol. The maximum atomic E-state index is 14.7. The Balaban J connectivity index is 1.73. The third kappa shape index (κ3) is 2.63. The Morgan fingerprint density at radius 3 is 2.52 bits per heavy atom. The molecule has 2 aliphatic rings. The summed E-state index contributed by atoms with van der Waals surface area (Å²) in [5, 5.41) is 11.0. The lowest BCUT2D eigenvalue weighted by molar-refractivity contribution is 0.384. The molecule has 0 aromatic heterocycles. The molecule has 0 radical (unpaired) electrons. The second-order valence-corrected chi connectivity index (χ2v) is 7.64. The number of anilines is 1. The highest BCUT2D eigenvalue weighted by Gasteiger charge is 2.45. The van der Waals surface area contributed by atoms with Gasteiger partial charge in [0.1, 0.15) is 11.7 Å². The summed E-state index contributed by atoms with van der Waals surface area (Å²) in [5.74, 6) is -3.35. The maximum Gasteiger partial charge on any atom is 0.167 e. The van der Waals surface area contributed by atoms with E-state index in [0.29, 0.717) is 17.7 Å². The van der Waals surface area contributed by atoms with Crippen LogP contribution in [0.5, 0.6) is 0 Å². The van der Waals surface area contributed by atoms with Crippen molar-refractivity contribution in [2.75, 3.05) is 5.32 Å². The summed E-state index contributed by atoms with van der Waals surface area (Å²) in [6.45, 7) is 0. The number of rotatable bonds is 2. The monoisotopic (exact) mass is 393 g/mol. The van der Waals surface area contributed by atoms with E-state index in [2.05, 4.69) is 5.32 Å². The van der Waals surface area contributed by atoms with Crippen LogP contribution in [0.2, 0.25) is 0 Å². The predicted octanol–water partition coefficient (Wildman–Crippen LogP) is 4.86. The zero-order valence-corrected chi connectivity index (χ0v) is 15.3. The van der Waals surface area contributed by atoms with Gasteiger partial charge in [0.25, 0.3) is 0 Å². The first-order valence-corrected chi connectivity index (χ1v) is 9.41. The number of amidine groups is 1. The smallest absolute Gasteiger partial charge is 0.167 e. The number of hydrogen-bond acceptors (Lipinski definition) is 2. The molecule has 3 atom stereocenters. The van der Waals surface area contributed by atoms with Gasteiger partial charge in [0.05, 0.1) is 6.04 Å². The van der Waals surface area contributed by atoms with Gasteiger partial charge >= 0.3 is 0 Å². The Morgan fingerprint density at radius 1 is 0.966 bits per heavy atom. The van der Waals surface area contributed by atoms with Gasteiger partial charge in [0, 0.05) is 22.7 Å². The summed E-state index contributed by atoms with van der Waals surface area (Å²) in [5.41, 5.74) is 9.83. The van der Waals surface area contributed by atoms with Gasteiger partial charge in [0.15, 0.2) is 11.6 Å². The van der Waals surface area contributed by atoms with Gasteiger partial charge in [-0.1, -0.05) is 24.3 Å². The number of hydrogen-bond donors (Lipinski definition) is 3. The molecule has 0 bridgehead atoms. The van der Waals surface area contributed by atoms with Crippen LogP contribution in [0.25, 0.3) is 0 Å². The fourth-order valence-corrected chi connectivity index (χ4v) is 4.84. The summed E-state index contributed by atoms with van der Waals surface area (Å²) in [4.78, 5) is 0. The maximum absolute atomic E-state index is 14.7. The van der Waals surface area contributed by atoms with E-state index in [-0.39, 0.29) is 23.2 Å². The van der Waals surface area contributed by atoms with Gasteiger partial charge in [-0.15, -0.1) is 0 Å². The molecule has 3 nitrogen and oxygen atoms in total. The molecule has 1 aliphatic carbocycles. The molecular formula is C23H18F3N3. The zero-order chi connectivity index (χ0) is 20.3. The van der Waals surface area contributed by atoms with Crippen LogP contribution in [-0.4, -0.2) is 5.84 Å². The number of halogens is 3. The molecule has 0 saturated carbocycles. The molecule has 4 N–H and O–H groups in total. The average Bonchev–Trinajstić information content (AvgIpc) is 3.11. The molecular weight excluding hydrogens is 375 g/mol. The number of nitrogens with two attached hydrogens (primary N) is 1. The van der Waals surface area contributed by atoms with Gasteiger partial charge in [-0.05, 0) is 59.4 Å². The molecule has 1 heterocycles. The Bertz CT molecular complexity index is 1160. The normalized spacial score (nSPS) is 21.7. The van der Waals surface area contributed by atoms with Crippen molar-refractivity contribution in [1.29, 1.82) is 5.41 Å².